The van der Waals surface area contributed by atoms with Gasteiger partial charge in [-0.3, -0.25) is 0 Å². The third-order valence-corrected chi connectivity index (χ3v) is 0. The van der Waals surface area contributed by atoms with Crippen molar-refractivity contribution in [3.05, 3.63) is 0 Å². The van der Waals surface area contributed by atoms with Gasteiger partial charge in [0.15, 0.2) is 0 Å². The standard InChI is InChI=1S/CH4.Cr.Mn.Mo.Ni.H3P.H2S.Si/h1H4;;;;;1H3;1H2;. The zero-order valence-corrected chi connectivity index (χ0v) is 12.1. The Labute approximate surface area is 112 Å². The van der Waals surface area contributed by atoms with Crippen molar-refractivity contribution in [2.24, 2.45) is 0 Å². The van der Waals surface area contributed by atoms with Crippen LogP contribution in [-0.4, -0.2) is 11.0 Å². The first kappa shape index (κ1) is 113. The van der Waals surface area contributed by atoms with Crippen LogP contribution in [0.5, 0.6) is 0 Å². The van der Waals surface area contributed by atoms with Crippen LogP contribution in [0, 0.1) is 0 Å². The van der Waals surface area contributed by atoms with Gasteiger partial charge in [-0.1, -0.05) is 7.43 Å². The van der Waals surface area contributed by atoms with Crippen LogP contribution in [0.15, 0.2) is 0 Å². The molecule has 1 unspecified atom stereocenters. The molecule has 0 saturated heterocycles. The zero-order valence-electron chi connectivity index (χ0n) is 3.22. The molecule has 0 spiro atoms. The second-order valence-electron chi connectivity index (χ2n) is 0. The second-order valence-corrected chi connectivity index (χ2v) is 0. The molecular formula is CH9CrMnMoNiPSSi. The Hall–Kier alpha value is 3.23. The van der Waals surface area contributed by atoms with Crippen molar-refractivity contribution in [1.29, 1.82) is 0 Å². The van der Waals surface area contributed by atoms with E-state index in [1.807, 2.05) is 0 Å². The van der Waals surface area contributed by atoms with Gasteiger partial charge in [-0.15, -0.1) is 0 Å². The summed E-state index contributed by atoms with van der Waals surface area (Å²) in [7, 11) is 0. The van der Waals surface area contributed by atoms with Crippen molar-refractivity contribution in [2.75, 3.05) is 0 Å². The quantitative estimate of drug-likeness (QED) is 0.426. The Morgan fingerprint density at radius 3 is 1.00 bits per heavy atom. The molecule has 7 heteroatoms. The molecule has 5 radical (unpaired) electrons. The minimum absolute atomic E-state index is 0. The predicted octanol–water partition coefficient (Wildman–Crippen LogP) is 0.416. The predicted molar refractivity (Wildman–Crippen MR) is 34.0 cm³/mol. The maximum Gasteiger partial charge on any atom is 0 e. The van der Waals surface area contributed by atoms with E-state index in [9.17, 15) is 0 Å². The summed E-state index contributed by atoms with van der Waals surface area (Å²) in [5.41, 5.74) is 0. The minimum atomic E-state index is 0. The summed E-state index contributed by atoms with van der Waals surface area (Å²) >= 11 is 0. The van der Waals surface area contributed by atoms with E-state index in [4.69, 9.17) is 0 Å². The van der Waals surface area contributed by atoms with Gasteiger partial charge in [0.2, 0.25) is 0 Å². The fourth-order valence-electron chi connectivity index (χ4n) is 0. The summed E-state index contributed by atoms with van der Waals surface area (Å²) in [6, 6.07) is 0. The van der Waals surface area contributed by atoms with Gasteiger partial charge in [-0.2, -0.15) is 23.4 Å². The van der Waals surface area contributed by atoms with Crippen LogP contribution in [0.3, 0.4) is 0 Å². The third kappa shape index (κ3) is 59.9. The smallest absolute Gasteiger partial charge is 0 e. The molecule has 0 aliphatic heterocycles. The van der Waals surface area contributed by atoms with Gasteiger partial charge < -0.3 is 0 Å². The maximum absolute atomic E-state index is 0. The first-order chi connectivity index (χ1) is 0. The van der Waals surface area contributed by atoms with Crippen LogP contribution in [0.2, 0.25) is 0 Å². The van der Waals surface area contributed by atoms with E-state index in [1.54, 1.807) is 0 Å². The maximum atomic E-state index is 0. The van der Waals surface area contributed by atoms with Crippen molar-refractivity contribution >= 4 is 34.4 Å². The molecule has 0 bridgehead atoms. The van der Waals surface area contributed by atoms with Crippen molar-refractivity contribution in [1.82, 2.24) is 0 Å². The van der Waals surface area contributed by atoms with E-state index in [1.165, 1.54) is 0 Å². The molecule has 0 nitrogen and oxygen atoms in total. The molecule has 0 aliphatic carbocycles. The molecule has 0 N–H and O–H groups in total. The average Bonchev–Trinajstić information content (AvgIpc) is 0. The van der Waals surface area contributed by atoms with Gasteiger partial charge in [-0.25, -0.2) is 0 Å². The Balaban J connectivity index is 0. The van der Waals surface area contributed by atoms with E-state index in [0.717, 1.165) is 0 Å². The molecule has 0 aromatic carbocycles. The fraction of sp³-hybridized carbons (Fsp3) is 1.00. The first-order valence-corrected chi connectivity index (χ1v) is 0. The average molecular weight is 374 g/mol. The number of hydrogen-bond donors (Lipinski definition) is 0. The summed E-state index contributed by atoms with van der Waals surface area (Å²) in [4.78, 5) is 0. The van der Waals surface area contributed by atoms with Crippen LogP contribution in [0.25, 0.3) is 0 Å². The Kier molecular flexibility index (Phi) is 1180. The minimum Gasteiger partial charge on any atom is -0.197 e. The molecule has 1 atom stereocenters. The molecule has 0 rings (SSSR count). The summed E-state index contributed by atoms with van der Waals surface area (Å²) < 4.78 is 0. The summed E-state index contributed by atoms with van der Waals surface area (Å²) in [6.45, 7) is 0. The van der Waals surface area contributed by atoms with E-state index in [2.05, 4.69) is 0 Å². The summed E-state index contributed by atoms with van der Waals surface area (Å²) in [5.74, 6) is 0. The summed E-state index contributed by atoms with van der Waals surface area (Å²) in [5, 5.41) is 0. The van der Waals surface area contributed by atoms with Gasteiger partial charge in [0.25, 0.3) is 0 Å². The molecule has 0 heterocycles. The van der Waals surface area contributed by atoms with Crippen molar-refractivity contribution < 1.29 is 72.0 Å². The molecule has 0 saturated carbocycles. The topological polar surface area (TPSA) is 0 Å². The SMILES string of the molecule is C.P.S.[Cr].[Mn].[Mo].[Ni].[Si]. The Morgan fingerprint density at radius 1 is 1.00 bits per heavy atom. The molecule has 8 heavy (non-hydrogen) atoms. The van der Waals surface area contributed by atoms with Crippen LogP contribution in [0.1, 0.15) is 7.43 Å². The van der Waals surface area contributed by atoms with E-state index in [0.29, 0.717) is 0 Å². The van der Waals surface area contributed by atoms with Crippen molar-refractivity contribution in [2.45, 2.75) is 7.43 Å². The van der Waals surface area contributed by atoms with Gasteiger partial charge in [0.1, 0.15) is 0 Å². The first-order valence-electron chi connectivity index (χ1n) is 0. The van der Waals surface area contributed by atoms with Gasteiger partial charge in [0, 0.05) is 83.0 Å². The van der Waals surface area contributed by atoms with Crippen molar-refractivity contribution in [3.8, 4) is 0 Å². The van der Waals surface area contributed by atoms with E-state index in [-0.39, 0.29) is 114 Å². The molecule has 0 aromatic heterocycles. The van der Waals surface area contributed by atoms with Gasteiger partial charge in [0.05, 0.1) is 0 Å². The van der Waals surface area contributed by atoms with Crippen LogP contribution < -0.4 is 0 Å². The molecule has 57 valence electrons. The van der Waals surface area contributed by atoms with Crippen LogP contribution >= 0.6 is 23.4 Å². The largest absolute Gasteiger partial charge is 0.197 e. The summed E-state index contributed by atoms with van der Waals surface area (Å²) in [6.07, 6.45) is 0. The van der Waals surface area contributed by atoms with Gasteiger partial charge in [-0.05, 0) is 0 Å². The monoisotopic (exact) mass is 375 g/mol. The van der Waals surface area contributed by atoms with E-state index >= 15 is 0 Å². The molecule has 0 fully saturated rings. The van der Waals surface area contributed by atoms with E-state index < -0.39 is 0 Å². The number of hydrogen-bond acceptors (Lipinski definition) is 0. The van der Waals surface area contributed by atoms with Gasteiger partial charge >= 0.3 is 0 Å². The molecule has 0 aliphatic rings. The third-order valence-electron chi connectivity index (χ3n) is 0. The normalized spacial score (nSPS) is 0. The Bertz CT molecular complexity index is 24.0. The zero-order chi connectivity index (χ0) is 0. The van der Waals surface area contributed by atoms with Crippen LogP contribution in [-0.2, 0) is 72.0 Å². The molecule has 0 amide bonds. The Morgan fingerprint density at radius 2 is 1.00 bits per heavy atom. The second kappa shape index (κ2) is 83.5. The van der Waals surface area contributed by atoms with Crippen LogP contribution in [0.4, 0.5) is 0 Å². The molecule has 0 aromatic rings. The molecular weight excluding hydrogens is 365 g/mol. The van der Waals surface area contributed by atoms with Crippen molar-refractivity contribution in [3.63, 3.8) is 0 Å². The fourth-order valence-corrected chi connectivity index (χ4v) is 0. The number of rotatable bonds is 0.